The van der Waals surface area contributed by atoms with E-state index in [2.05, 4.69) is 63.0 Å². The van der Waals surface area contributed by atoms with Gasteiger partial charge in [0.25, 0.3) is 0 Å². The van der Waals surface area contributed by atoms with Crippen LogP contribution in [0.1, 0.15) is 17.2 Å². The molecule has 1 aromatic heterocycles. The first-order valence-corrected chi connectivity index (χ1v) is 8.11. The lowest BCUT2D eigenvalue weighted by molar-refractivity contribution is 0.0650. The van der Waals surface area contributed by atoms with Crippen molar-refractivity contribution < 1.29 is 0 Å². The molecule has 3 heteroatoms. The van der Waals surface area contributed by atoms with Crippen LogP contribution >= 0.6 is 0 Å². The van der Waals surface area contributed by atoms with Crippen molar-refractivity contribution in [3.63, 3.8) is 0 Å². The predicted octanol–water partition coefficient (Wildman–Crippen LogP) is 3.06. The first-order valence-electron chi connectivity index (χ1n) is 8.11. The van der Waals surface area contributed by atoms with Gasteiger partial charge in [0, 0.05) is 19.1 Å². The van der Waals surface area contributed by atoms with Crippen LogP contribution in [0.4, 0.5) is 0 Å². The fourth-order valence-electron chi connectivity index (χ4n) is 4.03. The van der Waals surface area contributed by atoms with Gasteiger partial charge in [0.15, 0.2) is 0 Å². The molecule has 0 amide bonds. The maximum atomic E-state index is 4.52. The van der Waals surface area contributed by atoms with Gasteiger partial charge in [-0.1, -0.05) is 36.4 Å². The Morgan fingerprint density at radius 3 is 2.27 bits per heavy atom. The Labute approximate surface area is 130 Å². The van der Waals surface area contributed by atoms with Crippen LogP contribution in [0, 0.1) is 0 Å². The molecular weight excluding hydrogens is 270 g/mol. The molecule has 2 heterocycles. The SMILES string of the molecule is c1ccc2c(c1)CC(N1CC(n3cnc4ccccc43)C1)C2. The molecule has 2 aliphatic rings. The third-order valence-electron chi connectivity index (χ3n) is 5.31. The van der Waals surface area contributed by atoms with Gasteiger partial charge in [-0.3, -0.25) is 4.90 Å². The minimum absolute atomic E-state index is 0.580. The Balaban J connectivity index is 1.31. The van der Waals surface area contributed by atoms with E-state index in [4.69, 9.17) is 0 Å². The molecule has 5 rings (SSSR count). The first-order chi connectivity index (χ1) is 10.9. The molecule has 1 saturated heterocycles. The maximum absolute atomic E-state index is 4.52. The fraction of sp³-hybridized carbons (Fsp3) is 0.316. The average molecular weight is 289 g/mol. The van der Waals surface area contributed by atoms with Gasteiger partial charge in [-0.15, -0.1) is 0 Å². The lowest BCUT2D eigenvalue weighted by atomic mass is 10.0. The molecule has 0 radical (unpaired) electrons. The van der Waals surface area contributed by atoms with Crippen molar-refractivity contribution in [2.75, 3.05) is 13.1 Å². The summed E-state index contributed by atoms with van der Waals surface area (Å²) in [7, 11) is 0. The Bertz CT molecular complexity index is 804. The van der Waals surface area contributed by atoms with Crippen LogP contribution in [0.2, 0.25) is 0 Å². The van der Waals surface area contributed by atoms with Crippen molar-refractivity contribution in [3.05, 3.63) is 66.0 Å². The van der Waals surface area contributed by atoms with Crippen LogP contribution in [0.25, 0.3) is 11.0 Å². The van der Waals surface area contributed by atoms with Crippen LogP contribution in [0.3, 0.4) is 0 Å². The minimum atomic E-state index is 0.580. The van der Waals surface area contributed by atoms with Crippen molar-refractivity contribution >= 4 is 11.0 Å². The van der Waals surface area contributed by atoms with E-state index in [0.29, 0.717) is 12.1 Å². The first kappa shape index (κ1) is 12.4. The molecule has 0 unspecified atom stereocenters. The number of hydrogen-bond donors (Lipinski definition) is 0. The number of hydrogen-bond acceptors (Lipinski definition) is 2. The highest BCUT2D eigenvalue weighted by Crippen LogP contribution is 2.32. The monoisotopic (exact) mass is 289 g/mol. The molecular formula is C19H19N3. The maximum Gasteiger partial charge on any atom is 0.0961 e. The van der Waals surface area contributed by atoms with Crippen LogP contribution in [-0.4, -0.2) is 33.6 Å². The van der Waals surface area contributed by atoms with E-state index in [1.54, 1.807) is 11.1 Å². The number of fused-ring (bicyclic) bond motifs is 2. The van der Waals surface area contributed by atoms with Gasteiger partial charge in [0.1, 0.15) is 0 Å². The smallest absolute Gasteiger partial charge is 0.0961 e. The zero-order valence-electron chi connectivity index (χ0n) is 12.5. The van der Waals surface area contributed by atoms with Crippen LogP contribution in [0.5, 0.6) is 0 Å². The second-order valence-electron chi connectivity index (χ2n) is 6.58. The van der Waals surface area contributed by atoms with E-state index in [-0.39, 0.29) is 0 Å². The molecule has 1 aliphatic carbocycles. The summed E-state index contributed by atoms with van der Waals surface area (Å²) in [6, 6.07) is 18.6. The topological polar surface area (TPSA) is 21.1 Å². The summed E-state index contributed by atoms with van der Waals surface area (Å²) in [5.41, 5.74) is 5.46. The lowest BCUT2D eigenvalue weighted by Crippen LogP contribution is -2.52. The number of para-hydroxylation sites is 2. The number of likely N-dealkylation sites (tertiary alicyclic amines) is 1. The van der Waals surface area contributed by atoms with E-state index >= 15 is 0 Å². The third-order valence-corrected chi connectivity index (χ3v) is 5.31. The van der Waals surface area contributed by atoms with E-state index in [1.165, 1.54) is 18.4 Å². The standard InChI is InChI=1S/C19H19N3/c1-2-6-15-10-16(9-14(15)5-1)21-11-17(12-21)22-13-20-18-7-3-4-8-19(18)22/h1-8,13,16-17H,9-12H2. The summed E-state index contributed by atoms with van der Waals surface area (Å²) in [6.07, 6.45) is 4.44. The molecule has 2 aromatic carbocycles. The molecule has 0 spiro atoms. The van der Waals surface area contributed by atoms with Crippen molar-refractivity contribution in [1.29, 1.82) is 0 Å². The van der Waals surface area contributed by atoms with Gasteiger partial charge in [0.05, 0.1) is 23.4 Å². The number of rotatable bonds is 2. The number of imidazole rings is 1. The Morgan fingerprint density at radius 1 is 0.818 bits per heavy atom. The van der Waals surface area contributed by atoms with Crippen molar-refractivity contribution in [2.24, 2.45) is 0 Å². The quantitative estimate of drug-likeness (QED) is 0.723. The lowest BCUT2D eigenvalue weighted by Gasteiger charge is -2.44. The van der Waals surface area contributed by atoms with E-state index in [0.717, 1.165) is 18.6 Å². The van der Waals surface area contributed by atoms with Crippen LogP contribution < -0.4 is 0 Å². The van der Waals surface area contributed by atoms with Crippen molar-refractivity contribution in [2.45, 2.75) is 24.9 Å². The molecule has 3 aromatic rings. The van der Waals surface area contributed by atoms with Crippen molar-refractivity contribution in [1.82, 2.24) is 14.5 Å². The van der Waals surface area contributed by atoms with Crippen LogP contribution in [-0.2, 0) is 12.8 Å². The van der Waals surface area contributed by atoms with E-state index in [9.17, 15) is 0 Å². The summed E-state index contributed by atoms with van der Waals surface area (Å²) < 4.78 is 2.36. The van der Waals surface area contributed by atoms with Gasteiger partial charge in [-0.2, -0.15) is 0 Å². The second-order valence-corrected chi connectivity index (χ2v) is 6.58. The zero-order chi connectivity index (χ0) is 14.5. The molecule has 0 N–H and O–H groups in total. The van der Waals surface area contributed by atoms with Gasteiger partial charge in [-0.25, -0.2) is 4.98 Å². The summed E-state index contributed by atoms with van der Waals surface area (Å²) in [5.74, 6) is 0. The number of benzene rings is 2. The highest BCUT2D eigenvalue weighted by molar-refractivity contribution is 5.75. The molecule has 22 heavy (non-hydrogen) atoms. The van der Waals surface area contributed by atoms with Gasteiger partial charge < -0.3 is 4.57 Å². The Kier molecular flexibility index (Phi) is 2.64. The normalized spacial score (nSPS) is 19.5. The minimum Gasteiger partial charge on any atom is -0.325 e. The highest BCUT2D eigenvalue weighted by atomic mass is 15.3. The van der Waals surface area contributed by atoms with Crippen LogP contribution in [0.15, 0.2) is 54.9 Å². The predicted molar refractivity (Wildman–Crippen MR) is 88.0 cm³/mol. The summed E-state index contributed by atoms with van der Waals surface area (Å²) >= 11 is 0. The number of aromatic nitrogens is 2. The van der Waals surface area contributed by atoms with E-state index < -0.39 is 0 Å². The van der Waals surface area contributed by atoms with E-state index in [1.807, 2.05) is 6.33 Å². The fourth-order valence-corrected chi connectivity index (χ4v) is 4.03. The molecule has 1 aliphatic heterocycles. The largest absolute Gasteiger partial charge is 0.325 e. The zero-order valence-corrected chi connectivity index (χ0v) is 12.5. The third kappa shape index (κ3) is 1.82. The summed E-state index contributed by atoms with van der Waals surface area (Å²) in [5, 5.41) is 0. The van der Waals surface area contributed by atoms with Crippen molar-refractivity contribution in [3.8, 4) is 0 Å². The summed E-state index contributed by atoms with van der Waals surface area (Å²) in [4.78, 5) is 7.16. The molecule has 3 nitrogen and oxygen atoms in total. The summed E-state index contributed by atoms with van der Waals surface area (Å²) in [6.45, 7) is 2.30. The highest BCUT2D eigenvalue weighted by Gasteiger charge is 2.36. The van der Waals surface area contributed by atoms with Gasteiger partial charge in [0.2, 0.25) is 0 Å². The second kappa shape index (κ2) is 4.68. The molecule has 1 fully saturated rings. The molecule has 0 bridgehead atoms. The van der Waals surface area contributed by atoms with Gasteiger partial charge >= 0.3 is 0 Å². The molecule has 0 atom stereocenters. The Morgan fingerprint density at radius 2 is 1.50 bits per heavy atom. The number of nitrogens with zero attached hydrogens (tertiary/aromatic N) is 3. The Hall–Kier alpha value is -2.13. The molecule has 0 saturated carbocycles. The molecule has 110 valence electrons. The average Bonchev–Trinajstić information content (AvgIpc) is 3.10. The van der Waals surface area contributed by atoms with Gasteiger partial charge in [-0.05, 0) is 36.1 Å².